The van der Waals surface area contributed by atoms with Gasteiger partial charge in [0, 0.05) is 25.4 Å². The van der Waals surface area contributed by atoms with Crippen LogP contribution in [0.1, 0.15) is 35.7 Å². The van der Waals surface area contributed by atoms with Crippen LogP contribution in [0.25, 0.3) is 11.2 Å². The van der Waals surface area contributed by atoms with Gasteiger partial charge in [0.1, 0.15) is 11.6 Å². The molecule has 0 bridgehead atoms. The Morgan fingerprint density at radius 2 is 1.89 bits per heavy atom. The number of hydrogen-bond donors (Lipinski definition) is 0. The lowest BCUT2D eigenvalue weighted by molar-refractivity contribution is 0.311. The van der Waals surface area contributed by atoms with Crippen LogP contribution in [0.15, 0.2) is 53.4 Å². The molecule has 36 heavy (non-hydrogen) atoms. The molecule has 4 heterocycles. The van der Waals surface area contributed by atoms with E-state index < -0.39 is 10.0 Å². The van der Waals surface area contributed by atoms with E-state index in [-0.39, 0.29) is 5.92 Å². The number of rotatable bonds is 6. The maximum absolute atomic E-state index is 13.3. The number of hydrogen-bond acceptors (Lipinski definition) is 8. The summed E-state index contributed by atoms with van der Waals surface area (Å²) >= 11 is 0. The third kappa shape index (κ3) is 4.07. The Balaban J connectivity index is 1.23. The van der Waals surface area contributed by atoms with Gasteiger partial charge in [0.2, 0.25) is 15.9 Å². The Labute approximate surface area is 208 Å². The van der Waals surface area contributed by atoms with Gasteiger partial charge in [-0.3, -0.25) is 0 Å². The molecule has 0 N–H and O–H groups in total. The van der Waals surface area contributed by atoms with Gasteiger partial charge in [-0.25, -0.2) is 18.1 Å². The predicted molar refractivity (Wildman–Crippen MR) is 132 cm³/mol. The van der Waals surface area contributed by atoms with Crippen molar-refractivity contribution in [2.75, 3.05) is 26.8 Å². The second-order valence-electron chi connectivity index (χ2n) is 9.04. The van der Waals surface area contributed by atoms with Gasteiger partial charge in [0.25, 0.3) is 0 Å². The van der Waals surface area contributed by atoms with Crippen LogP contribution < -0.4 is 9.47 Å². The number of fused-ring (bicyclic) bond motifs is 2. The average molecular weight is 507 g/mol. The number of piperidine rings is 1. The standard InChI is InChI=1S/C25H26N6O4S/c1-34-25-22-24(31(29-28-22)16-17-5-3-2-4-6-17)26-23(27-25)18-9-12-30(13-10-18)36(32,33)20-7-8-21-19(15-20)11-14-35-21/h2-8,15,18H,9-14,16H2,1H3. The summed E-state index contributed by atoms with van der Waals surface area (Å²) in [5, 5.41) is 8.52. The van der Waals surface area contributed by atoms with Crippen molar-refractivity contribution in [1.29, 1.82) is 0 Å². The van der Waals surface area contributed by atoms with Crippen molar-refractivity contribution in [2.45, 2.75) is 36.6 Å². The molecule has 0 amide bonds. The highest BCUT2D eigenvalue weighted by Gasteiger charge is 2.32. The van der Waals surface area contributed by atoms with Gasteiger partial charge in [0.15, 0.2) is 11.2 Å². The fourth-order valence-electron chi connectivity index (χ4n) is 4.86. The maximum Gasteiger partial charge on any atom is 0.247 e. The SMILES string of the molecule is COc1nc(C2CCN(S(=O)(=O)c3ccc4c(c3)CCO4)CC2)nc2c1nnn2Cc1ccccc1. The summed E-state index contributed by atoms with van der Waals surface area (Å²) in [6.45, 7) is 1.91. The Hall–Kier alpha value is -3.57. The minimum absolute atomic E-state index is 0.00301. The minimum atomic E-state index is -3.58. The molecule has 0 spiro atoms. The quantitative estimate of drug-likeness (QED) is 0.392. The maximum atomic E-state index is 13.3. The van der Waals surface area contributed by atoms with Crippen molar-refractivity contribution in [1.82, 2.24) is 29.3 Å². The van der Waals surface area contributed by atoms with Gasteiger partial charge in [-0.15, -0.1) is 5.10 Å². The lowest BCUT2D eigenvalue weighted by Crippen LogP contribution is -2.38. The number of methoxy groups -OCH3 is 1. The molecule has 2 aliphatic rings. The van der Waals surface area contributed by atoms with Crippen molar-refractivity contribution in [3.8, 4) is 11.6 Å². The number of benzene rings is 2. The van der Waals surface area contributed by atoms with E-state index in [9.17, 15) is 8.42 Å². The predicted octanol–water partition coefficient (Wildman–Crippen LogP) is 2.78. The topological polar surface area (TPSA) is 112 Å². The highest BCUT2D eigenvalue weighted by atomic mass is 32.2. The van der Waals surface area contributed by atoms with E-state index in [0.717, 1.165) is 23.3 Å². The largest absolute Gasteiger partial charge is 0.493 e. The summed E-state index contributed by atoms with van der Waals surface area (Å²) < 4.78 is 40.9. The summed E-state index contributed by atoms with van der Waals surface area (Å²) in [6, 6.07) is 15.1. The fraction of sp³-hybridized carbons (Fsp3) is 0.360. The van der Waals surface area contributed by atoms with E-state index in [4.69, 9.17) is 14.5 Å². The monoisotopic (exact) mass is 506 g/mol. The Morgan fingerprint density at radius 3 is 2.67 bits per heavy atom. The van der Waals surface area contributed by atoms with Crippen LogP contribution in [0.4, 0.5) is 0 Å². The van der Waals surface area contributed by atoms with E-state index in [1.54, 1.807) is 34.3 Å². The first-order valence-electron chi connectivity index (χ1n) is 12.0. The molecule has 0 aliphatic carbocycles. The lowest BCUT2D eigenvalue weighted by atomic mass is 9.97. The van der Waals surface area contributed by atoms with Crippen molar-refractivity contribution in [3.63, 3.8) is 0 Å². The zero-order chi connectivity index (χ0) is 24.7. The zero-order valence-electron chi connectivity index (χ0n) is 19.9. The van der Waals surface area contributed by atoms with Gasteiger partial charge < -0.3 is 9.47 Å². The normalized spacial score (nSPS) is 16.7. The molecule has 0 radical (unpaired) electrons. The van der Waals surface area contributed by atoms with Crippen molar-refractivity contribution in [3.05, 3.63) is 65.5 Å². The number of sulfonamides is 1. The van der Waals surface area contributed by atoms with Gasteiger partial charge in [-0.2, -0.15) is 9.29 Å². The Bertz CT molecular complexity index is 1510. The van der Waals surface area contributed by atoms with Gasteiger partial charge in [-0.05, 0) is 42.2 Å². The molecular weight excluding hydrogens is 480 g/mol. The highest BCUT2D eigenvalue weighted by Crippen LogP contribution is 2.33. The summed E-state index contributed by atoms with van der Waals surface area (Å²) in [4.78, 5) is 9.75. The molecule has 0 atom stereocenters. The van der Waals surface area contributed by atoms with Crippen molar-refractivity contribution >= 4 is 21.2 Å². The molecule has 1 fully saturated rings. The first-order chi connectivity index (χ1) is 17.5. The minimum Gasteiger partial charge on any atom is -0.493 e. The summed E-state index contributed by atoms with van der Waals surface area (Å²) in [7, 11) is -2.03. The highest BCUT2D eigenvalue weighted by molar-refractivity contribution is 7.89. The Morgan fingerprint density at radius 1 is 1.08 bits per heavy atom. The summed E-state index contributed by atoms with van der Waals surface area (Å²) in [5.41, 5.74) is 3.15. The van der Waals surface area contributed by atoms with Crippen molar-refractivity contribution < 1.29 is 17.9 Å². The van der Waals surface area contributed by atoms with Crippen LogP contribution in [0.2, 0.25) is 0 Å². The zero-order valence-corrected chi connectivity index (χ0v) is 20.7. The van der Waals surface area contributed by atoms with E-state index in [1.165, 1.54) is 0 Å². The van der Waals surface area contributed by atoms with E-state index in [0.29, 0.717) is 66.8 Å². The fourth-order valence-corrected chi connectivity index (χ4v) is 6.38. The molecule has 0 saturated carbocycles. The van der Waals surface area contributed by atoms with Gasteiger partial charge >= 0.3 is 0 Å². The molecule has 1 saturated heterocycles. The van der Waals surface area contributed by atoms with E-state index >= 15 is 0 Å². The molecule has 2 aliphatic heterocycles. The van der Waals surface area contributed by atoms with Crippen LogP contribution in [-0.2, 0) is 23.0 Å². The van der Waals surface area contributed by atoms with Gasteiger partial charge in [0.05, 0.1) is 25.2 Å². The molecule has 186 valence electrons. The van der Waals surface area contributed by atoms with E-state index in [1.807, 2.05) is 30.3 Å². The van der Waals surface area contributed by atoms with Gasteiger partial charge in [-0.1, -0.05) is 35.5 Å². The van der Waals surface area contributed by atoms with Crippen molar-refractivity contribution in [2.24, 2.45) is 0 Å². The second kappa shape index (κ2) is 9.14. The molecular formula is C25H26N6O4S. The third-order valence-electron chi connectivity index (χ3n) is 6.83. The molecule has 0 unspecified atom stereocenters. The van der Waals surface area contributed by atoms with Crippen LogP contribution >= 0.6 is 0 Å². The molecule has 10 nitrogen and oxygen atoms in total. The smallest absolute Gasteiger partial charge is 0.247 e. The average Bonchev–Trinajstić information content (AvgIpc) is 3.55. The second-order valence-corrected chi connectivity index (χ2v) is 11.0. The third-order valence-corrected chi connectivity index (χ3v) is 8.73. The lowest BCUT2D eigenvalue weighted by Gasteiger charge is -2.30. The summed E-state index contributed by atoms with van der Waals surface area (Å²) in [6.07, 6.45) is 1.96. The van der Waals surface area contributed by atoms with E-state index in [2.05, 4.69) is 15.3 Å². The number of ether oxygens (including phenoxy) is 2. The first-order valence-corrected chi connectivity index (χ1v) is 13.4. The van der Waals surface area contributed by atoms with Crippen LogP contribution in [-0.4, -0.2) is 64.5 Å². The summed E-state index contributed by atoms with van der Waals surface area (Å²) in [5.74, 6) is 1.78. The number of nitrogens with zero attached hydrogens (tertiary/aromatic N) is 6. The van der Waals surface area contributed by atoms with Crippen LogP contribution in [0.3, 0.4) is 0 Å². The molecule has 11 heteroatoms. The molecule has 2 aromatic heterocycles. The Kier molecular flexibility index (Phi) is 5.81. The molecule has 4 aromatic rings. The molecule has 2 aromatic carbocycles. The first kappa shape index (κ1) is 22.9. The van der Waals surface area contributed by atoms with Crippen LogP contribution in [0, 0.1) is 0 Å². The number of aromatic nitrogens is 5. The molecule has 6 rings (SSSR count). The van der Waals surface area contributed by atoms with Crippen LogP contribution in [0.5, 0.6) is 11.6 Å².